The average molecular weight is 210 g/mol. The standard InChI is InChI=1S/C10H18N4O/c1-13-5-6-15-9(7-13)10(11)8-3-4-14(2)12-8/h3-4,9-10H,5-7,11H2,1-2H3. The highest BCUT2D eigenvalue weighted by Gasteiger charge is 2.26. The van der Waals surface area contributed by atoms with Gasteiger partial charge in [0.2, 0.25) is 0 Å². The number of aromatic nitrogens is 2. The molecular weight excluding hydrogens is 192 g/mol. The minimum Gasteiger partial charge on any atom is -0.374 e. The molecule has 1 aliphatic rings. The smallest absolute Gasteiger partial charge is 0.0910 e. The van der Waals surface area contributed by atoms with Crippen LogP contribution in [0.15, 0.2) is 12.3 Å². The SMILES string of the molecule is CN1CCOC(C(N)c2ccn(C)n2)C1. The first-order valence-corrected chi connectivity index (χ1v) is 5.22. The molecule has 0 aromatic carbocycles. The predicted octanol–water partition coefficient (Wildman–Crippen LogP) is -0.250. The quantitative estimate of drug-likeness (QED) is 0.731. The van der Waals surface area contributed by atoms with E-state index in [2.05, 4.69) is 17.0 Å². The fourth-order valence-corrected chi connectivity index (χ4v) is 1.83. The Hall–Kier alpha value is -0.910. The summed E-state index contributed by atoms with van der Waals surface area (Å²) in [6.45, 7) is 2.60. The van der Waals surface area contributed by atoms with Crippen molar-refractivity contribution in [1.82, 2.24) is 14.7 Å². The third-order valence-electron chi connectivity index (χ3n) is 2.77. The fraction of sp³-hybridized carbons (Fsp3) is 0.700. The Bertz CT molecular complexity index is 325. The number of aryl methyl sites for hydroxylation is 1. The van der Waals surface area contributed by atoms with E-state index in [-0.39, 0.29) is 12.1 Å². The van der Waals surface area contributed by atoms with Crippen molar-refractivity contribution in [2.75, 3.05) is 26.7 Å². The van der Waals surface area contributed by atoms with Crippen molar-refractivity contribution in [1.29, 1.82) is 0 Å². The van der Waals surface area contributed by atoms with Gasteiger partial charge < -0.3 is 15.4 Å². The Morgan fingerprint density at radius 1 is 1.60 bits per heavy atom. The largest absolute Gasteiger partial charge is 0.374 e. The van der Waals surface area contributed by atoms with Gasteiger partial charge in [0.1, 0.15) is 0 Å². The van der Waals surface area contributed by atoms with E-state index in [0.717, 1.165) is 25.4 Å². The van der Waals surface area contributed by atoms with Crippen molar-refractivity contribution in [2.45, 2.75) is 12.1 Å². The molecule has 0 radical (unpaired) electrons. The maximum absolute atomic E-state index is 6.12. The first kappa shape index (κ1) is 10.6. The van der Waals surface area contributed by atoms with E-state index in [1.165, 1.54) is 0 Å². The molecule has 0 amide bonds. The summed E-state index contributed by atoms with van der Waals surface area (Å²) in [4.78, 5) is 2.23. The Kier molecular flexibility index (Phi) is 3.04. The number of nitrogens with two attached hydrogens (primary N) is 1. The van der Waals surface area contributed by atoms with Crippen LogP contribution in [0.25, 0.3) is 0 Å². The van der Waals surface area contributed by atoms with Gasteiger partial charge in [-0.2, -0.15) is 5.10 Å². The second-order valence-corrected chi connectivity index (χ2v) is 4.11. The van der Waals surface area contributed by atoms with E-state index in [1.807, 2.05) is 19.3 Å². The molecule has 5 nitrogen and oxygen atoms in total. The van der Waals surface area contributed by atoms with Crippen LogP contribution in [0, 0.1) is 0 Å². The van der Waals surface area contributed by atoms with E-state index >= 15 is 0 Å². The molecule has 2 rings (SSSR count). The third kappa shape index (κ3) is 2.37. The van der Waals surface area contributed by atoms with Gasteiger partial charge in [0.25, 0.3) is 0 Å². The van der Waals surface area contributed by atoms with E-state index in [0.29, 0.717) is 0 Å². The van der Waals surface area contributed by atoms with Gasteiger partial charge in [0.05, 0.1) is 24.4 Å². The van der Waals surface area contributed by atoms with Gasteiger partial charge in [-0.25, -0.2) is 0 Å². The molecule has 1 fully saturated rings. The molecule has 0 aliphatic carbocycles. The zero-order valence-corrected chi connectivity index (χ0v) is 9.26. The van der Waals surface area contributed by atoms with Crippen LogP contribution in [-0.2, 0) is 11.8 Å². The maximum atomic E-state index is 6.12. The first-order valence-electron chi connectivity index (χ1n) is 5.22. The van der Waals surface area contributed by atoms with Crippen molar-refractivity contribution in [3.8, 4) is 0 Å². The van der Waals surface area contributed by atoms with Crippen LogP contribution >= 0.6 is 0 Å². The number of rotatable bonds is 2. The van der Waals surface area contributed by atoms with Gasteiger partial charge >= 0.3 is 0 Å². The minimum absolute atomic E-state index is 0.0543. The van der Waals surface area contributed by atoms with Gasteiger partial charge in [0, 0.05) is 26.3 Å². The summed E-state index contributed by atoms with van der Waals surface area (Å²) in [5.74, 6) is 0. The van der Waals surface area contributed by atoms with Gasteiger partial charge in [-0.3, -0.25) is 4.68 Å². The molecule has 1 aliphatic heterocycles. The van der Waals surface area contributed by atoms with Crippen LogP contribution in [0.1, 0.15) is 11.7 Å². The molecule has 0 spiro atoms. The lowest BCUT2D eigenvalue weighted by Crippen LogP contribution is -2.45. The van der Waals surface area contributed by atoms with Crippen molar-refractivity contribution < 1.29 is 4.74 Å². The number of nitrogens with zero attached hydrogens (tertiary/aromatic N) is 3. The van der Waals surface area contributed by atoms with Gasteiger partial charge in [-0.15, -0.1) is 0 Å². The second kappa shape index (κ2) is 4.30. The van der Waals surface area contributed by atoms with Crippen LogP contribution in [-0.4, -0.2) is 47.5 Å². The van der Waals surface area contributed by atoms with Crippen molar-refractivity contribution in [3.05, 3.63) is 18.0 Å². The van der Waals surface area contributed by atoms with Crippen molar-refractivity contribution in [3.63, 3.8) is 0 Å². The molecule has 84 valence electrons. The van der Waals surface area contributed by atoms with Crippen LogP contribution in [0.5, 0.6) is 0 Å². The Balaban J connectivity index is 2.03. The maximum Gasteiger partial charge on any atom is 0.0910 e. The number of hydrogen-bond donors (Lipinski definition) is 1. The summed E-state index contributed by atoms with van der Waals surface area (Å²) in [6, 6.07) is 1.82. The molecule has 15 heavy (non-hydrogen) atoms. The lowest BCUT2D eigenvalue weighted by atomic mass is 10.1. The first-order chi connectivity index (χ1) is 7.16. The van der Waals surface area contributed by atoms with Crippen LogP contribution < -0.4 is 5.73 Å². The zero-order valence-electron chi connectivity index (χ0n) is 9.26. The number of likely N-dealkylation sites (N-methyl/N-ethyl adjacent to an activating group) is 1. The number of ether oxygens (including phenoxy) is 1. The molecule has 2 heterocycles. The molecule has 1 aromatic rings. The topological polar surface area (TPSA) is 56.3 Å². The number of hydrogen-bond acceptors (Lipinski definition) is 4. The van der Waals surface area contributed by atoms with Gasteiger partial charge in [-0.05, 0) is 13.1 Å². The molecule has 1 saturated heterocycles. The molecule has 1 aromatic heterocycles. The number of morpholine rings is 1. The van der Waals surface area contributed by atoms with Crippen molar-refractivity contribution in [2.24, 2.45) is 12.8 Å². The summed E-state index contributed by atoms with van der Waals surface area (Å²) in [5.41, 5.74) is 7.02. The normalized spacial score (nSPS) is 25.4. The Labute approximate surface area is 89.8 Å². The molecule has 5 heteroatoms. The van der Waals surface area contributed by atoms with E-state index in [1.54, 1.807) is 4.68 Å². The van der Waals surface area contributed by atoms with Gasteiger partial charge in [0.15, 0.2) is 0 Å². The zero-order chi connectivity index (χ0) is 10.8. The van der Waals surface area contributed by atoms with E-state index < -0.39 is 0 Å². The van der Waals surface area contributed by atoms with Crippen LogP contribution in [0.4, 0.5) is 0 Å². The highest BCUT2D eigenvalue weighted by molar-refractivity contribution is 5.07. The monoisotopic (exact) mass is 210 g/mol. The average Bonchev–Trinajstić information content (AvgIpc) is 2.64. The summed E-state index contributed by atoms with van der Waals surface area (Å²) >= 11 is 0. The molecule has 2 N–H and O–H groups in total. The van der Waals surface area contributed by atoms with E-state index in [4.69, 9.17) is 10.5 Å². The summed E-state index contributed by atoms with van der Waals surface area (Å²) < 4.78 is 7.42. The lowest BCUT2D eigenvalue weighted by Gasteiger charge is -2.32. The molecule has 0 saturated carbocycles. The Morgan fingerprint density at radius 2 is 2.40 bits per heavy atom. The van der Waals surface area contributed by atoms with E-state index in [9.17, 15) is 0 Å². The highest BCUT2D eigenvalue weighted by atomic mass is 16.5. The molecule has 0 bridgehead atoms. The summed E-state index contributed by atoms with van der Waals surface area (Å²) in [6.07, 6.45) is 1.96. The summed E-state index contributed by atoms with van der Waals surface area (Å²) in [5, 5.41) is 4.30. The minimum atomic E-state index is -0.131. The van der Waals surface area contributed by atoms with Crippen LogP contribution in [0.2, 0.25) is 0 Å². The second-order valence-electron chi connectivity index (χ2n) is 4.11. The molecule has 2 atom stereocenters. The predicted molar refractivity (Wildman–Crippen MR) is 57.4 cm³/mol. The summed E-state index contributed by atoms with van der Waals surface area (Å²) in [7, 11) is 3.98. The highest BCUT2D eigenvalue weighted by Crippen LogP contribution is 2.17. The van der Waals surface area contributed by atoms with Crippen molar-refractivity contribution >= 4 is 0 Å². The fourth-order valence-electron chi connectivity index (χ4n) is 1.83. The third-order valence-corrected chi connectivity index (χ3v) is 2.77. The van der Waals surface area contributed by atoms with Gasteiger partial charge in [-0.1, -0.05) is 0 Å². The lowest BCUT2D eigenvalue weighted by molar-refractivity contribution is -0.0333. The molecule has 2 unspecified atom stereocenters. The molecular formula is C10H18N4O. The Morgan fingerprint density at radius 3 is 3.00 bits per heavy atom. The van der Waals surface area contributed by atoms with Crippen LogP contribution in [0.3, 0.4) is 0 Å².